The Morgan fingerprint density at radius 3 is 2.78 bits per heavy atom. The highest BCUT2D eigenvalue weighted by atomic mass is 35.5. The fourth-order valence-electron chi connectivity index (χ4n) is 1.59. The van der Waals surface area contributed by atoms with Gasteiger partial charge in [0.05, 0.1) is 15.6 Å². The Kier molecular flexibility index (Phi) is 5.88. The Bertz CT molecular complexity index is 401. The predicted octanol–water partition coefficient (Wildman–Crippen LogP) is 3.40. The maximum Gasteiger partial charge on any atom is 0.271 e. The molecule has 0 saturated carbocycles. The molecule has 0 bridgehead atoms. The smallest absolute Gasteiger partial charge is 0.271 e. The third kappa shape index (κ3) is 4.16. The summed E-state index contributed by atoms with van der Waals surface area (Å²) in [5, 5.41) is 14.2. The molecule has 0 saturated heterocycles. The Balaban J connectivity index is 2.63. The van der Waals surface area contributed by atoms with Crippen LogP contribution in [0.2, 0.25) is 5.02 Å². The summed E-state index contributed by atoms with van der Waals surface area (Å²) < 4.78 is 5.22. The van der Waals surface area contributed by atoms with Gasteiger partial charge in [0.2, 0.25) is 0 Å². The average Bonchev–Trinajstić information content (AvgIpc) is 2.31. The number of anilines is 1. The summed E-state index contributed by atoms with van der Waals surface area (Å²) in [7, 11) is 0. The number of halogens is 1. The number of nitro benzene ring substituents is 1. The summed E-state index contributed by atoms with van der Waals surface area (Å²) >= 11 is 6.02. The molecular formula is C12H17ClN2O3. The van der Waals surface area contributed by atoms with Crippen molar-refractivity contribution in [2.45, 2.75) is 20.3 Å². The second-order valence-electron chi connectivity index (χ2n) is 3.85. The number of non-ortho nitro benzene ring substituents is 1. The number of nitro groups is 1. The van der Waals surface area contributed by atoms with Crippen molar-refractivity contribution in [1.82, 2.24) is 0 Å². The summed E-state index contributed by atoms with van der Waals surface area (Å²) in [5.41, 5.74) is 1.53. The van der Waals surface area contributed by atoms with E-state index in [1.165, 1.54) is 12.1 Å². The second-order valence-corrected chi connectivity index (χ2v) is 4.26. The number of nitrogens with zero attached hydrogens (tertiary/aromatic N) is 1. The van der Waals surface area contributed by atoms with Gasteiger partial charge >= 0.3 is 0 Å². The van der Waals surface area contributed by atoms with Crippen molar-refractivity contribution >= 4 is 23.0 Å². The lowest BCUT2D eigenvalue weighted by atomic mass is 10.1. The summed E-state index contributed by atoms with van der Waals surface area (Å²) in [5.74, 6) is 0. The molecule has 0 fully saturated rings. The minimum atomic E-state index is -0.447. The highest BCUT2D eigenvalue weighted by Gasteiger charge is 2.12. The molecule has 0 unspecified atom stereocenters. The van der Waals surface area contributed by atoms with Crippen molar-refractivity contribution in [2.24, 2.45) is 0 Å². The number of benzene rings is 1. The Hall–Kier alpha value is -1.33. The lowest BCUT2D eigenvalue weighted by Crippen LogP contribution is -2.07. The average molecular weight is 273 g/mol. The van der Waals surface area contributed by atoms with Crippen LogP contribution in [0, 0.1) is 17.0 Å². The molecule has 0 aliphatic carbocycles. The van der Waals surface area contributed by atoms with Gasteiger partial charge in [-0.05, 0) is 25.8 Å². The Morgan fingerprint density at radius 2 is 2.22 bits per heavy atom. The van der Waals surface area contributed by atoms with Crippen LogP contribution < -0.4 is 5.32 Å². The molecule has 6 heteroatoms. The molecule has 0 aromatic heterocycles. The van der Waals surface area contributed by atoms with Gasteiger partial charge in [-0.3, -0.25) is 10.1 Å². The van der Waals surface area contributed by atoms with Gasteiger partial charge in [-0.2, -0.15) is 0 Å². The summed E-state index contributed by atoms with van der Waals surface area (Å²) in [4.78, 5) is 10.2. The van der Waals surface area contributed by atoms with Crippen molar-refractivity contribution in [1.29, 1.82) is 0 Å². The third-order valence-corrected chi connectivity index (χ3v) is 2.75. The van der Waals surface area contributed by atoms with Crippen LogP contribution in [0.5, 0.6) is 0 Å². The largest absolute Gasteiger partial charge is 0.384 e. The summed E-state index contributed by atoms with van der Waals surface area (Å²) in [6.45, 7) is 5.86. The van der Waals surface area contributed by atoms with E-state index in [0.29, 0.717) is 18.2 Å². The van der Waals surface area contributed by atoms with Crippen LogP contribution >= 0.6 is 11.6 Å². The molecule has 1 N–H and O–H groups in total. The molecule has 5 nitrogen and oxygen atoms in total. The number of nitrogens with one attached hydrogen (secondary N) is 1. The molecule has 1 aromatic rings. The number of hydrogen-bond donors (Lipinski definition) is 1. The molecule has 0 aliphatic heterocycles. The number of rotatable bonds is 7. The highest BCUT2D eigenvalue weighted by Crippen LogP contribution is 2.30. The van der Waals surface area contributed by atoms with Gasteiger partial charge in [0, 0.05) is 31.9 Å². The van der Waals surface area contributed by atoms with Gasteiger partial charge in [-0.1, -0.05) is 11.6 Å². The van der Waals surface area contributed by atoms with Crippen molar-refractivity contribution in [3.63, 3.8) is 0 Å². The van der Waals surface area contributed by atoms with E-state index in [-0.39, 0.29) is 5.69 Å². The standard InChI is InChI=1S/C12H17ClN2O3/c1-3-18-6-4-5-14-12-9(2)7-10(15(16)17)8-11(12)13/h7-8,14H,3-6H2,1-2H3. The van der Waals surface area contributed by atoms with Crippen molar-refractivity contribution < 1.29 is 9.66 Å². The van der Waals surface area contributed by atoms with E-state index >= 15 is 0 Å². The molecule has 1 rings (SSSR count). The van der Waals surface area contributed by atoms with Gasteiger partial charge in [0.15, 0.2) is 0 Å². The first kappa shape index (κ1) is 14.7. The first-order chi connectivity index (χ1) is 8.56. The van der Waals surface area contributed by atoms with Crippen LogP contribution in [0.3, 0.4) is 0 Å². The van der Waals surface area contributed by atoms with E-state index in [4.69, 9.17) is 16.3 Å². The third-order valence-electron chi connectivity index (χ3n) is 2.45. The molecule has 0 spiro atoms. The first-order valence-corrected chi connectivity index (χ1v) is 6.20. The molecule has 0 heterocycles. The van der Waals surface area contributed by atoms with Crippen LogP contribution in [-0.2, 0) is 4.74 Å². The number of hydrogen-bond acceptors (Lipinski definition) is 4. The molecule has 0 radical (unpaired) electrons. The van der Waals surface area contributed by atoms with Gasteiger partial charge in [-0.15, -0.1) is 0 Å². The molecule has 100 valence electrons. The number of ether oxygens (including phenoxy) is 1. The van der Waals surface area contributed by atoms with Gasteiger partial charge in [0.1, 0.15) is 0 Å². The van der Waals surface area contributed by atoms with E-state index in [1.807, 2.05) is 6.92 Å². The van der Waals surface area contributed by atoms with Gasteiger partial charge < -0.3 is 10.1 Å². The molecule has 0 aliphatic rings. The molecule has 0 atom stereocenters. The maximum absolute atomic E-state index is 10.7. The number of aryl methyl sites for hydroxylation is 1. The first-order valence-electron chi connectivity index (χ1n) is 5.82. The van der Waals surface area contributed by atoms with Crippen LogP contribution in [0.4, 0.5) is 11.4 Å². The van der Waals surface area contributed by atoms with Crippen LogP contribution in [-0.4, -0.2) is 24.7 Å². The zero-order valence-corrected chi connectivity index (χ0v) is 11.3. The lowest BCUT2D eigenvalue weighted by molar-refractivity contribution is -0.384. The Morgan fingerprint density at radius 1 is 1.50 bits per heavy atom. The SMILES string of the molecule is CCOCCCNc1c(C)cc([N+](=O)[O-])cc1Cl. The second kappa shape index (κ2) is 7.18. The van der Waals surface area contributed by atoms with Crippen LogP contribution in [0.15, 0.2) is 12.1 Å². The molecular weight excluding hydrogens is 256 g/mol. The van der Waals surface area contributed by atoms with E-state index in [2.05, 4.69) is 5.32 Å². The minimum Gasteiger partial charge on any atom is -0.384 e. The fraction of sp³-hybridized carbons (Fsp3) is 0.500. The van der Waals surface area contributed by atoms with Gasteiger partial charge in [-0.25, -0.2) is 0 Å². The zero-order chi connectivity index (χ0) is 13.5. The summed E-state index contributed by atoms with van der Waals surface area (Å²) in [6, 6.07) is 2.87. The van der Waals surface area contributed by atoms with E-state index in [9.17, 15) is 10.1 Å². The van der Waals surface area contributed by atoms with E-state index < -0.39 is 4.92 Å². The van der Waals surface area contributed by atoms with E-state index in [0.717, 1.165) is 24.2 Å². The minimum absolute atomic E-state index is 0.0115. The van der Waals surface area contributed by atoms with Gasteiger partial charge in [0.25, 0.3) is 5.69 Å². The maximum atomic E-state index is 10.7. The molecule has 1 aromatic carbocycles. The fourth-order valence-corrected chi connectivity index (χ4v) is 1.91. The lowest BCUT2D eigenvalue weighted by Gasteiger charge is -2.11. The zero-order valence-electron chi connectivity index (χ0n) is 10.5. The van der Waals surface area contributed by atoms with E-state index in [1.54, 1.807) is 6.92 Å². The molecule has 18 heavy (non-hydrogen) atoms. The molecule has 0 amide bonds. The van der Waals surface area contributed by atoms with Crippen molar-refractivity contribution in [3.8, 4) is 0 Å². The Labute approximate surface area is 111 Å². The van der Waals surface area contributed by atoms with Crippen LogP contribution in [0.1, 0.15) is 18.9 Å². The monoisotopic (exact) mass is 272 g/mol. The van der Waals surface area contributed by atoms with Crippen molar-refractivity contribution in [3.05, 3.63) is 32.8 Å². The highest BCUT2D eigenvalue weighted by molar-refractivity contribution is 6.33. The van der Waals surface area contributed by atoms with Crippen LogP contribution in [0.25, 0.3) is 0 Å². The quantitative estimate of drug-likeness (QED) is 0.469. The summed E-state index contributed by atoms with van der Waals surface area (Å²) in [6.07, 6.45) is 0.862. The van der Waals surface area contributed by atoms with Crippen molar-refractivity contribution in [2.75, 3.05) is 25.1 Å². The normalized spacial score (nSPS) is 10.4. The predicted molar refractivity (Wildman–Crippen MR) is 72.4 cm³/mol. The topological polar surface area (TPSA) is 64.4 Å².